The normalized spacial score (nSPS) is 18.4. The Morgan fingerprint density at radius 3 is 2.42 bits per heavy atom. The van der Waals surface area contributed by atoms with Gasteiger partial charge in [-0.05, 0) is 29.3 Å². The number of hydrogen-bond acceptors (Lipinski definition) is 5. The van der Waals surface area contributed by atoms with E-state index in [1.807, 2.05) is 6.07 Å². The molecule has 1 aliphatic rings. The number of nitriles is 1. The number of carbonyl (C=O) groups is 2. The van der Waals surface area contributed by atoms with E-state index in [1.54, 1.807) is 18.2 Å². The number of ether oxygens (including phenoxy) is 1. The lowest BCUT2D eigenvalue weighted by Crippen LogP contribution is -2.48. The van der Waals surface area contributed by atoms with Crippen LogP contribution < -0.4 is 10.1 Å². The first-order valence-electron chi connectivity index (χ1n) is 11.8. The number of amides is 2. The monoisotopic (exact) mass is 556 g/mol. The molecule has 4 rings (SSSR count). The van der Waals surface area contributed by atoms with E-state index in [9.17, 15) is 36.8 Å². The summed E-state index contributed by atoms with van der Waals surface area (Å²) in [5, 5.41) is 12.3. The lowest BCUT2D eigenvalue weighted by molar-refractivity contribution is -0.274. The smallest absolute Gasteiger partial charge is 0.406 e. The Labute approximate surface area is 225 Å². The molecule has 0 bridgehead atoms. The van der Waals surface area contributed by atoms with Gasteiger partial charge in [-0.25, -0.2) is 8.78 Å². The molecule has 1 N–H and O–H groups in total. The Kier molecular flexibility index (Phi) is 7.86. The topological polar surface area (TPSA) is 95.3 Å². The first kappa shape index (κ1) is 28.2. The summed E-state index contributed by atoms with van der Waals surface area (Å²) < 4.78 is 69.8. The molecular formula is C28H21F5N4O3. The fraction of sp³-hybridized carbons (Fsp3) is 0.214. The number of likely N-dealkylation sites (tertiary alicyclic amines) is 1. The van der Waals surface area contributed by atoms with Crippen molar-refractivity contribution in [1.29, 1.82) is 5.26 Å². The van der Waals surface area contributed by atoms with Crippen LogP contribution >= 0.6 is 0 Å². The molecule has 12 heteroatoms. The van der Waals surface area contributed by atoms with Crippen LogP contribution in [-0.2, 0) is 10.3 Å². The average molecular weight is 556 g/mol. The van der Waals surface area contributed by atoms with E-state index in [2.05, 4.69) is 15.0 Å². The lowest BCUT2D eigenvalue weighted by atomic mass is 9.88. The van der Waals surface area contributed by atoms with Gasteiger partial charge in [-0.3, -0.25) is 14.6 Å². The summed E-state index contributed by atoms with van der Waals surface area (Å²) in [5.74, 6) is -5.24. The number of aromatic nitrogens is 1. The molecule has 0 saturated carbocycles. The van der Waals surface area contributed by atoms with E-state index in [1.165, 1.54) is 54.9 Å². The van der Waals surface area contributed by atoms with Gasteiger partial charge < -0.3 is 15.0 Å². The van der Waals surface area contributed by atoms with Crippen LogP contribution in [-0.4, -0.2) is 47.1 Å². The second-order valence-electron chi connectivity index (χ2n) is 8.95. The molecule has 7 nitrogen and oxygen atoms in total. The Bertz CT molecular complexity index is 1450. The van der Waals surface area contributed by atoms with Crippen LogP contribution in [0.1, 0.15) is 33.5 Å². The van der Waals surface area contributed by atoms with Crippen molar-refractivity contribution in [1.82, 2.24) is 15.2 Å². The number of carbonyl (C=O) groups excluding carboxylic acids is 2. The summed E-state index contributed by atoms with van der Waals surface area (Å²) >= 11 is 0. The quantitative estimate of drug-likeness (QED) is 0.406. The van der Waals surface area contributed by atoms with Gasteiger partial charge in [-0.1, -0.05) is 54.6 Å². The van der Waals surface area contributed by atoms with Gasteiger partial charge in [0, 0.05) is 23.5 Å². The maximum Gasteiger partial charge on any atom is 0.573 e. The summed E-state index contributed by atoms with van der Waals surface area (Å²) in [7, 11) is 0. The van der Waals surface area contributed by atoms with Crippen molar-refractivity contribution in [2.24, 2.45) is 0 Å². The number of halogens is 5. The van der Waals surface area contributed by atoms with Gasteiger partial charge in [0.05, 0.1) is 25.6 Å². The van der Waals surface area contributed by atoms with Crippen molar-refractivity contribution in [2.45, 2.75) is 24.2 Å². The van der Waals surface area contributed by atoms with Crippen molar-refractivity contribution >= 4 is 24.0 Å². The average Bonchev–Trinajstić information content (AvgIpc) is 3.22. The third-order valence-corrected chi connectivity index (χ3v) is 6.17. The molecule has 2 heterocycles. The van der Waals surface area contributed by atoms with Gasteiger partial charge in [0.2, 0.25) is 5.91 Å². The molecule has 3 aromatic rings. The second-order valence-corrected chi connectivity index (χ2v) is 8.95. The summed E-state index contributed by atoms with van der Waals surface area (Å²) in [6.07, 6.45) is 0.0526. The van der Waals surface area contributed by atoms with Crippen molar-refractivity contribution in [3.8, 4) is 11.8 Å². The summed E-state index contributed by atoms with van der Waals surface area (Å²) in [4.78, 5) is 30.7. The summed E-state index contributed by atoms with van der Waals surface area (Å²) in [6, 6.07) is 16.1. The largest absolute Gasteiger partial charge is 0.573 e. The van der Waals surface area contributed by atoms with Crippen LogP contribution in [0.15, 0.2) is 73.1 Å². The van der Waals surface area contributed by atoms with Gasteiger partial charge >= 0.3 is 6.36 Å². The van der Waals surface area contributed by atoms with Crippen molar-refractivity contribution in [3.05, 3.63) is 95.3 Å². The number of benzene rings is 2. The molecule has 0 radical (unpaired) electrons. The van der Waals surface area contributed by atoms with Crippen LogP contribution in [0.25, 0.3) is 12.2 Å². The van der Waals surface area contributed by atoms with Crippen LogP contribution in [0.3, 0.4) is 0 Å². The predicted octanol–water partition coefficient (Wildman–Crippen LogP) is 5.17. The molecule has 0 aliphatic carbocycles. The van der Waals surface area contributed by atoms with Gasteiger partial charge in [-0.15, -0.1) is 13.2 Å². The summed E-state index contributed by atoms with van der Waals surface area (Å²) in [6.45, 7) is -1.61. The van der Waals surface area contributed by atoms with Gasteiger partial charge in [0.1, 0.15) is 5.75 Å². The lowest BCUT2D eigenvalue weighted by Gasteiger charge is -2.32. The minimum atomic E-state index is -4.82. The fourth-order valence-electron chi connectivity index (χ4n) is 4.39. The molecule has 1 aliphatic heterocycles. The van der Waals surface area contributed by atoms with Crippen molar-refractivity contribution in [3.63, 3.8) is 0 Å². The van der Waals surface area contributed by atoms with Crippen LogP contribution in [0.2, 0.25) is 0 Å². The number of nitrogens with one attached hydrogen (secondary N) is 1. The Morgan fingerprint density at radius 1 is 1.07 bits per heavy atom. The molecule has 0 spiro atoms. The zero-order chi connectivity index (χ0) is 29.0. The first-order chi connectivity index (χ1) is 18.9. The van der Waals surface area contributed by atoms with E-state index in [4.69, 9.17) is 0 Å². The van der Waals surface area contributed by atoms with Crippen LogP contribution in [0, 0.1) is 11.3 Å². The summed E-state index contributed by atoms with van der Waals surface area (Å²) in [5.41, 5.74) is -0.709. The Hall–Kier alpha value is -4.79. The minimum absolute atomic E-state index is 0.109. The first-order valence-corrected chi connectivity index (χ1v) is 11.8. The van der Waals surface area contributed by atoms with Crippen LogP contribution in [0.5, 0.6) is 5.75 Å². The van der Waals surface area contributed by atoms with E-state index in [0.717, 1.165) is 17.0 Å². The van der Waals surface area contributed by atoms with E-state index in [0.29, 0.717) is 11.1 Å². The zero-order valence-electron chi connectivity index (χ0n) is 20.7. The maximum absolute atomic E-state index is 14.5. The number of nitrogens with zero attached hydrogens (tertiary/aromatic N) is 3. The number of rotatable bonds is 7. The fourth-order valence-corrected chi connectivity index (χ4v) is 4.39. The third kappa shape index (κ3) is 6.43. The molecule has 2 aromatic carbocycles. The van der Waals surface area contributed by atoms with Crippen molar-refractivity contribution in [2.75, 3.05) is 13.1 Å². The second kappa shape index (κ2) is 11.1. The molecule has 1 atom stereocenters. The Balaban J connectivity index is 1.47. The predicted molar refractivity (Wildman–Crippen MR) is 134 cm³/mol. The highest BCUT2D eigenvalue weighted by molar-refractivity contribution is 6.00. The molecule has 1 unspecified atom stereocenters. The molecule has 1 aromatic heterocycles. The molecule has 2 amide bonds. The molecule has 1 saturated heterocycles. The highest BCUT2D eigenvalue weighted by Crippen LogP contribution is 2.45. The van der Waals surface area contributed by atoms with Gasteiger partial charge in [-0.2, -0.15) is 5.26 Å². The third-order valence-electron chi connectivity index (χ3n) is 6.17. The highest BCUT2D eigenvalue weighted by Gasteiger charge is 2.58. The van der Waals surface area contributed by atoms with Crippen molar-refractivity contribution < 1.29 is 36.3 Å². The van der Waals surface area contributed by atoms with Gasteiger partial charge in [0.15, 0.2) is 5.54 Å². The van der Waals surface area contributed by atoms with E-state index >= 15 is 0 Å². The molecule has 40 heavy (non-hydrogen) atoms. The SMILES string of the molecule is N#CC1(c2ccccc2)CC(F)(F)CN1C(=O)CNC(=O)c1ccncc1/C=C/c1ccc(OC(F)(F)F)cc1. The number of alkyl halides is 5. The number of hydrogen-bond donors (Lipinski definition) is 1. The molecule has 1 fully saturated rings. The van der Waals surface area contributed by atoms with Gasteiger partial charge in [0.25, 0.3) is 11.8 Å². The van der Waals surface area contributed by atoms with E-state index in [-0.39, 0.29) is 16.9 Å². The maximum atomic E-state index is 14.5. The standard InChI is InChI=1S/C28H21F5N4O3/c29-27(30)16-26(17-34,21-4-2-1-3-5-21)37(18-27)24(38)15-36-25(39)23-12-13-35-14-20(23)9-6-19-7-10-22(11-8-19)40-28(31,32)33/h1-14H,15-16,18H2,(H,36,39)/b9-6+. The Morgan fingerprint density at radius 2 is 1.77 bits per heavy atom. The van der Waals surface area contributed by atoms with E-state index < -0.39 is 49.1 Å². The zero-order valence-corrected chi connectivity index (χ0v) is 20.7. The highest BCUT2D eigenvalue weighted by atomic mass is 19.4. The number of pyridine rings is 1. The van der Waals surface area contributed by atoms with Crippen LogP contribution in [0.4, 0.5) is 22.0 Å². The molecular weight excluding hydrogens is 535 g/mol. The minimum Gasteiger partial charge on any atom is -0.406 e. The molecule has 206 valence electrons.